The monoisotopic (exact) mass is 273 g/mol. The van der Waals surface area contributed by atoms with Gasteiger partial charge in [-0.05, 0) is 30.5 Å². The highest BCUT2D eigenvalue weighted by Gasteiger charge is 2.12. The maximum Gasteiger partial charge on any atom is 0.224 e. The van der Waals surface area contributed by atoms with Crippen LogP contribution in [0.5, 0.6) is 0 Å². The number of hydrogen-bond donors (Lipinski definition) is 1. The van der Waals surface area contributed by atoms with Crippen molar-refractivity contribution in [3.8, 4) is 0 Å². The third-order valence-corrected chi connectivity index (χ3v) is 3.07. The van der Waals surface area contributed by atoms with Crippen LogP contribution in [0.4, 0.5) is 0 Å². The zero-order valence-electron chi connectivity index (χ0n) is 11.6. The molecule has 2 aromatic rings. The number of nitrogens with one attached hydrogen (secondary N) is 1. The Bertz CT molecular complexity index is 512. The van der Waals surface area contributed by atoms with Gasteiger partial charge in [-0.2, -0.15) is 5.10 Å². The molecule has 0 saturated carbocycles. The number of aromatic nitrogens is 4. The minimum absolute atomic E-state index is 0.0511. The van der Waals surface area contributed by atoms with E-state index >= 15 is 0 Å². The van der Waals surface area contributed by atoms with E-state index in [4.69, 9.17) is 0 Å². The van der Waals surface area contributed by atoms with E-state index in [1.54, 1.807) is 23.4 Å². The van der Waals surface area contributed by atoms with E-state index < -0.39 is 0 Å². The lowest BCUT2D eigenvalue weighted by molar-refractivity contribution is -0.124. The van der Waals surface area contributed by atoms with Crippen LogP contribution in [0, 0.1) is 5.92 Å². The number of hydrogen-bond acceptors (Lipinski definition) is 4. The maximum absolute atomic E-state index is 11.9. The number of carbonyl (C=O) groups excluding carboxylic acids is 1. The molecule has 0 spiro atoms. The van der Waals surface area contributed by atoms with Crippen molar-refractivity contribution in [1.29, 1.82) is 0 Å². The standard InChI is InChI=1S/C14H19N5O/c1-12(9-19-11-16-10-18-19)14(20)17-6-2-3-13-4-7-15-8-5-13/h4-5,7-8,10-12H,2-3,6,9H2,1H3,(H,17,20)/t12-/m0/s1. The summed E-state index contributed by atoms with van der Waals surface area (Å²) in [5.41, 5.74) is 1.24. The van der Waals surface area contributed by atoms with Gasteiger partial charge >= 0.3 is 0 Å². The summed E-state index contributed by atoms with van der Waals surface area (Å²) in [5.74, 6) is -0.0622. The normalized spacial score (nSPS) is 12.1. The van der Waals surface area contributed by atoms with E-state index in [0.717, 1.165) is 12.8 Å². The van der Waals surface area contributed by atoms with Crippen LogP contribution in [0.2, 0.25) is 0 Å². The van der Waals surface area contributed by atoms with Gasteiger partial charge < -0.3 is 5.32 Å². The molecule has 0 unspecified atom stereocenters. The lowest BCUT2D eigenvalue weighted by Gasteiger charge is -2.11. The second kappa shape index (κ2) is 7.37. The first-order valence-electron chi connectivity index (χ1n) is 6.74. The predicted octanol–water partition coefficient (Wildman–Crippen LogP) is 1.06. The van der Waals surface area contributed by atoms with E-state index in [1.807, 2.05) is 19.1 Å². The lowest BCUT2D eigenvalue weighted by Crippen LogP contribution is -2.32. The predicted molar refractivity (Wildman–Crippen MR) is 74.8 cm³/mol. The fourth-order valence-electron chi connectivity index (χ4n) is 1.92. The average molecular weight is 273 g/mol. The topological polar surface area (TPSA) is 72.7 Å². The summed E-state index contributed by atoms with van der Waals surface area (Å²) in [7, 11) is 0. The van der Waals surface area contributed by atoms with Gasteiger partial charge in [-0.25, -0.2) is 4.98 Å². The summed E-state index contributed by atoms with van der Waals surface area (Å²) in [5, 5.41) is 6.94. The first-order valence-corrected chi connectivity index (χ1v) is 6.74. The molecular formula is C14H19N5O. The van der Waals surface area contributed by atoms with Gasteiger partial charge in [0.1, 0.15) is 12.7 Å². The lowest BCUT2D eigenvalue weighted by atomic mass is 10.1. The van der Waals surface area contributed by atoms with Crippen molar-refractivity contribution in [3.05, 3.63) is 42.7 Å². The molecule has 6 nitrogen and oxygen atoms in total. The molecule has 6 heteroatoms. The molecule has 0 saturated heterocycles. The Balaban J connectivity index is 1.65. The first kappa shape index (κ1) is 14.2. The molecule has 0 aromatic carbocycles. The van der Waals surface area contributed by atoms with Gasteiger partial charge in [-0.15, -0.1) is 0 Å². The number of pyridine rings is 1. The fraction of sp³-hybridized carbons (Fsp3) is 0.429. The summed E-state index contributed by atoms with van der Waals surface area (Å²) < 4.78 is 1.67. The van der Waals surface area contributed by atoms with Gasteiger partial charge in [-0.3, -0.25) is 14.5 Å². The first-order chi connectivity index (χ1) is 9.75. The smallest absolute Gasteiger partial charge is 0.224 e. The molecule has 20 heavy (non-hydrogen) atoms. The molecule has 1 atom stereocenters. The molecule has 0 fully saturated rings. The minimum atomic E-state index is -0.113. The van der Waals surface area contributed by atoms with Crippen LogP contribution in [0.25, 0.3) is 0 Å². The third kappa shape index (κ3) is 4.46. The minimum Gasteiger partial charge on any atom is -0.356 e. The molecule has 0 radical (unpaired) electrons. The second-order valence-electron chi connectivity index (χ2n) is 4.77. The quantitative estimate of drug-likeness (QED) is 0.766. The van der Waals surface area contributed by atoms with Crippen LogP contribution in [-0.2, 0) is 17.8 Å². The SMILES string of the molecule is C[C@@H](Cn1cncn1)C(=O)NCCCc1ccncc1. The highest BCUT2D eigenvalue weighted by Crippen LogP contribution is 2.01. The molecule has 0 aliphatic carbocycles. The number of nitrogens with zero attached hydrogens (tertiary/aromatic N) is 4. The zero-order valence-corrected chi connectivity index (χ0v) is 11.6. The van der Waals surface area contributed by atoms with Crippen molar-refractivity contribution < 1.29 is 4.79 Å². The Kier molecular flexibility index (Phi) is 5.23. The molecule has 2 heterocycles. The average Bonchev–Trinajstić information content (AvgIpc) is 2.97. The van der Waals surface area contributed by atoms with Gasteiger partial charge in [0, 0.05) is 18.9 Å². The molecule has 0 aliphatic heterocycles. The Hall–Kier alpha value is -2.24. The summed E-state index contributed by atoms with van der Waals surface area (Å²) >= 11 is 0. The molecule has 1 amide bonds. The largest absolute Gasteiger partial charge is 0.356 e. The summed E-state index contributed by atoms with van der Waals surface area (Å²) in [4.78, 5) is 19.7. The van der Waals surface area contributed by atoms with E-state index in [9.17, 15) is 4.79 Å². The van der Waals surface area contributed by atoms with Crippen LogP contribution in [0.1, 0.15) is 18.9 Å². The van der Waals surface area contributed by atoms with Gasteiger partial charge in [0.25, 0.3) is 0 Å². The van der Waals surface area contributed by atoms with E-state index in [2.05, 4.69) is 20.4 Å². The molecule has 2 rings (SSSR count). The van der Waals surface area contributed by atoms with Crippen molar-refractivity contribution in [2.75, 3.05) is 6.54 Å². The van der Waals surface area contributed by atoms with Gasteiger partial charge in [0.05, 0.1) is 12.5 Å². The zero-order chi connectivity index (χ0) is 14.2. The number of amides is 1. The van der Waals surface area contributed by atoms with Crippen molar-refractivity contribution >= 4 is 5.91 Å². The molecule has 0 bridgehead atoms. The van der Waals surface area contributed by atoms with E-state index in [0.29, 0.717) is 13.1 Å². The van der Waals surface area contributed by atoms with Gasteiger partial charge in [0.15, 0.2) is 0 Å². The Morgan fingerprint density at radius 1 is 1.35 bits per heavy atom. The Morgan fingerprint density at radius 3 is 2.85 bits per heavy atom. The Morgan fingerprint density at radius 2 is 2.15 bits per heavy atom. The number of aryl methyl sites for hydroxylation is 1. The fourth-order valence-corrected chi connectivity index (χ4v) is 1.92. The molecule has 1 N–H and O–H groups in total. The third-order valence-electron chi connectivity index (χ3n) is 3.07. The number of rotatable bonds is 7. The molecule has 106 valence electrons. The van der Waals surface area contributed by atoms with Crippen LogP contribution in [0.15, 0.2) is 37.2 Å². The summed E-state index contributed by atoms with van der Waals surface area (Å²) in [6, 6.07) is 3.99. The van der Waals surface area contributed by atoms with Crippen molar-refractivity contribution in [2.24, 2.45) is 5.92 Å². The number of carbonyl (C=O) groups is 1. The molecule has 0 aliphatic rings. The maximum atomic E-state index is 11.9. The van der Waals surface area contributed by atoms with Crippen LogP contribution < -0.4 is 5.32 Å². The van der Waals surface area contributed by atoms with Crippen molar-refractivity contribution in [3.63, 3.8) is 0 Å². The summed E-state index contributed by atoms with van der Waals surface area (Å²) in [6.45, 7) is 3.12. The molecule has 2 aromatic heterocycles. The van der Waals surface area contributed by atoms with Crippen molar-refractivity contribution in [1.82, 2.24) is 25.1 Å². The van der Waals surface area contributed by atoms with Crippen molar-refractivity contribution in [2.45, 2.75) is 26.3 Å². The highest BCUT2D eigenvalue weighted by molar-refractivity contribution is 5.78. The van der Waals surface area contributed by atoms with E-state index in [1.165, 1.54) is 11.9 Å². The van der Waals surface area contributed by atoms with Crippen LogP contribution >= 0.6 is 0 Å². The summed E-state index contributed by atoms with van der Waals surface area (Å²) in [6.07, 6.45) is 8.53. The van der Waals surface area contributed by atoms with E-state index in [-0.39, 0.29) is 11.8 Å². The molecular weight excluding hydrogens is 254 g/mol. The Labute approximate surface area is 118 Å². The van der Waals surface area contributed by atoms with Crippen LogP contribution in [0.3, 0.4) is 0 Å². The van der Waals surface area contributed by atoms with Crippen LogP contribution in [-0.4, -0.2) is 32.2 Å². The second-order valence-corrected chi connectivity index (χ2v) is 4.77. The highest BCUT2D eigenvalue weighted by atomic mass is 16.1. The van der Waals surface area contributed by atoms with Gasteiger partial charge in [-0.1, -0.05) is 6.92 Å². The van der Waals surface area contributed by atoms with Gasteiger partial charge in [0.2, 0.25) is 5.91 Å².